The smallest absolute Gasteiger partial charge is 0.108 e. The molecule has 0 aromatic heterocycles. The first-order valence-electron chi connectivity index (χ1n) is 8.21. The molecule has 1 heterocycles. The highest BCUT2D eigenvalue weighted by molar-refractivity contribution is 5.11. The van der Waals surface area contributed by atoms with Crippen LogP contribution in [-0.4, -0.2) is 60.6 Å². The zero-order chi connectivity index (χ0) is 14.6. The number of hydrogen-bond acceptors (Lipinski definition) is 4. The third kappa shape index (κ3) is 3.52. The maximum absolute atomic E-state index is 9.64. The minimum absolute atomic E-state index is 0.272. The van der Waals surface area contributed by atoms with E-state index >= 15 is 0 Å². The molecule has 0 amide bonds. The summed E-state index contributed by atoms with van der Waals surface area (Å²) in [6.07, 6.45) is 5.55. The summed E-state index contributed by atoms with van der Waals surface area (Å²) in [7, 11) is 2.21. The van der Waals surface area contributed by atoms with Crippen LogP contribution in [0, 0.1) is 11.3 Å². The SMILES string of the molecule is CCCNC1(C#N)CCCC(N2CCN(C)C(C)C2)C1. The number of nitriles is 1. The van der Waals surface area contributed by atoms with E-state index in [0.29, 0.717) is 12.1 Å². The zero-order valence-electron chi connectivity index (χ0n) is 13.4. The van der Waals surface area contributed by atoms with Crippen LogP contribution in [0.4, 0.5) is 0 Å². The van der Waals surface area contributed by atoms with Crippen molar-refractivity contribution in [2.45, 2.75) is 63.6 Å². The lowest BCUT2D eigenvalue weighted by molar-refractivity contribution is 0.0444. The Bertz CT molecular complexity index is 351. The minimum Gasteiger partial charge on any atom is -0.301 e. The van der Waals surface area contributed by atoms with Gasteiger partial charge in [0.15, 0.2) is 0 Å². The van der Waals surface area contributed by atoms with Gasteiger partial charge in [-0.25, -0.2) is 0 Å². The number of likely N-dealkylation sites (N-methyl/N-ethyl adjacent to an activating group) is 1. The Kier molecular flexibility index (Phi) is 5.42. The molecular formula is C16H30N4. The van der Waals surface area contributed by atoms with Gasteiger partial charge in [0.2, 0.25) is 0 Å². The van der Waals surface area contributed by atoms with E-state index in [9.17, 15) is 5.26 Å². The van der Waals surface area contributed by atoms with Crippen LogP contribution in [-0.2, 0) is 0 Å². The molecule has 1 saturated heterocycles. The predicted molar refractivity (Wildman–Crippen MR) is 82.6 cm³/mol. The molecule has 1 saturated carbocycles. The Balaban J connectivity index is 1.97. The second kappa shape index (κ2) is 6.89. The summed E-state index contributed by atoms with van der Waals surface area (Å²) in [4.78, 5) is 5.07. The average Bonchev–Trinajstić information content (AvgIpc) is 2.48. The third-order valence-corrected chi connectivity index (χ3v) is 5.16. The largest absolute Gasteiger partial charge is 0.301 e. The first kappa shape index (κ1) is 15.8. The molecule has 2 fully saturated rings. The molecule has 0 bridgehead atoms. The molecule has 20 heavy (non-hydrogen) atoms. The van der Waals surface area contributed by atoms with Crippen LogP contribution in [0.25, 0.3) is 0 Å². The van der Waals surface area contributed by atoms with Crippen LogP contribution in [0.15, 0.2) is 0 Å². The molecule has 0 aromatic rings. The Hall–Kier alpha value is -0.630. The monoisotopic (exact) mass is 278 g/mol. The number of hydrogen-bond donors (Lipinski definition) is 1. The number of rotatable bonds is 4. The zero-order valence-corrected chi connectivity index (χ0v) is 13.4. The Morgan fingerprint density at radius 2 is 2.20 bits per heavy atom. The average molecular weight is 278 g/mol. The normalized spacial score (nSPS) is 36.7. The second-order valence-electron chi connectivity index (χ2n) is 6.70. The molecule has 1 N–H and O–H groups in total. The number of nitrogens with zero attached hydrogens (tertiary/aromatic N) is 3. The molecule has 0 spiro atoms. The van der Waals surface area contributed by atoms with Crippen LogP contribution in [0.1, 0.15) is 46.0 Å². The van der Waals surface area contributed by atoms with Gasteiger partial charge in [0.25, 0.3) is 0 Å². The minimum atomic E-state index is -0.272. The molecule has 4 nitrogen and oxygen atoms in total. The predicted octanol–water partition coefficient (Wildman–Crippen LogP) is 1.83. The Labute approximate surface area is 124 Å². The molecule has 2 rings (SSSR count). The molecule has 114 valence electrons. The van der Waals surface area contributed by atoms with Crippen molar-refractivity contribution in [3.63, 3.8) is 0 Å². The highest BCUT2D eigenvalue weighted by Gasteiger charge is 2.39. The van der Waals surface area contributed by atoms with E-state index in [-0.39, 0.29) is 5.54 Å². The van der Waals surface area contributed by atoms with Crippen LogP contribution in [0.3, 0.4) is 0 Å². The topological polar surface area (TPSA) is 42.3 Å². The van der Waals surface area contributed by atoms with Crippen molar-refractivity contribution < 1.29 is 0 Å². The van der Waals surface area contributed by atoms with Crippen molar-refractivity contribution in [1.82, 2.24) is 15.1 Å². The molecule has 2 aliphatic rings. The molecule has 0 aromatic carbocycles. The second-order valence-corrected chi connectivity index (χ2v) is 6.70. The first-order valence-corrected chi connectivity index (χ1v) is 8.21. The van der Waals surface area contributed by atoms with Gasteiger partial charge in [-0.05, 0) is 52.6 Å². The summed E-state index contributed by atoms with van der Waals surface area (Å²) in [5, 5.41) is 13.2. The van der Waals surface area contributed by atoms with Gasteiger partial charge in [0.1, 0.15) is 5.54 Å². The first-order chi connectivity index (χ1) is 9.60. The van der Waals surface area contributed by atoms with E-state index in [2.05, 4.69) is 42.1 Å². The fourth-order valence-corrected chi connectivity index (χ4v) is 3.63. The Morgan fingerprint density at radius 1 is 1.40 bits per heavy atom. The van der Waals surface area contributed by atoms with Crippen LogP contribution in [0.5, 0.6) is 0 Å². The lowest BCUT2D eigenvalue weighted by atomic mass is 9.79. The van der Waals surface area contributed by atoms with Gasteiger partial charge in [-0.3, -0.25) is 10.2 Å². The molecule has 0 radical (unpaired) electrons. The van der Waals surface area contributed by atoms with Gasteiger partial charge in [-0.1, -0.05) is 6.92 Å². The van der Waals surface area contributed by atoms with Gasteiger partial charge >= 0.3 is 0 Å². The van der Waals surface area contributed by atoms with E-state index < -0.39 is 0 Å². The lowest BCUT2D eigenvalue weighted by Gasteiger charge is -2.46. The number of nitrogens with one attached hydrogen (secondary N) is 1. The summed E-state index contributed by atoms with van der Waals surface area (Å²) < 4.78 is 0. The van der Waals surface area contributed by atoms with Crippen molar-refractivity contribution in [2.24, 2.45) is 0 Å². The summed E-state index contributed by atoms with van der Waals surface area (Å²) in [6.45, 7) is 8.89. The van der Waals surface area contributed by atoms with Crippen LogP contribution in [0.2, 0.25) is 0 Å². The summed E-state index contributed by atoms with van der Waals surface area (Å²) in [6, 6.07) is 3.81. The van der Waals surface area contributed by atoms with Crippen molar-refractivity contribution in [1.29, 1.82) is 5.26 Å². The molecular weight excluding hydrogens is 248 g/mol. The molecule has 1 aliphatic heterocycles. The third-order valence-electron chi connectivity index (χ3n) is 5.16. The fraction of sp³-hybridized carbons (Fsp3) is 0.938. The van der Waals surface area contributed by atoms with Crippen LogP contribution >= 0.6 is 0 Å². The van der Waals surface area contributed by atoms with Gasteiger partial charge in [0.05, 0.1) is 6.07 Å². The van der Waals surface area contributed by atoms with Crippen molar-refractivity contribution in [3.05, 3.63) is 0 Å². The quantitative estimate of drug-likeness (QED) is 0.852. The van der Waals surface area contributed by atoms with E-state index in [4.69, 9.17) is 0 Å². The molecule has 4 heteroatoms. The van der Waals surface area contributed by atoms with E-state index in [1.807, 2.05) is 0 Å². The molecule has 3 unspecified atom stereocenters. The van der Waals surface area contributed by atoms with Crippen molar-refractivity contribution in [3.8, 4) is 6.07 Å². The van der Waals surface area contributed by atoms with E-state index in [1.54, 1.807) is 0 Å². The van der Waals surface area contributed by atoms with Gasteiger partial charge in [0, 0.05) is 31.7 Å². The molecule has 1 aliphatic carbocycles. The van der Waals surface area contributed by atoms with Gasteiger partial charge in [-0.15, -0.1) is 0 Å². The van der Waals surface area contributed by atoms with Crippen LogP contribution < -0.4 is 5.32 Å². The fourth-order valence-electron chi connectivity index (χ4n) is 3.63. The van der Waals surface area contributed by atoms with Crippen molar-refractivity contribution in [2.75, 3.05) is 33.2 Å². The van der Waals surface area contributed by atoms with Gasteiger partial charge < -0.3 is 4.90 Å². The summed E-state index contributed by atoms with van der Waals surface area (Å²) in [5.41, 5.74) is -0.272. The summed E-state index contributed by atoms with van der Waals surface area (Å²) >= 11 is 0. The molecule has 3 atom stereocenters. The Morgan fingerprint density at radius 3 is 2.85 bits per heavy atom. The van der Waals surface area contributed by atoms with Gasteiger partial charge in [-0.2, -0.15) is 5.26 Å². The standard InChI is InChI=1S/C16H30N4/c1-4-8-18-16(13-17)7-5-6-15(11-16)20-10-9-19(3)14(2)12-20/h14-15,18H,4-12H2,1-3H3. The maximum Gasteiger partial charge on any atom is 0.108 e. The summed E-state index contributed by atoms with van der Waals surface area (Å²) in [5.74, 6) is 0. The maximum atomic E-state index is 9.64. The highest BCUT2D eigenvalue weighted by atomic mass is 15.3. The van der Waals surface area contributed by atoms with E-state index in [1.165, 1.54) is 12.8 Å². The lowest BCUT2D eigenvalue weighted by Crippen LogP contribution is -2.58. The highest BCUT2D eigenvalue weighted by Crippen LogP contribution is 2.32. The van der Waals surface area contributed by atoms with Crippen molar-refractivity contribution >= 4 is 0 Å². The number of piperazine rings is 1. The van der Waals surface area contributed by atoms with E-state index in [0.717, 1.165) is 45.4 Å².